The average molecular weight is 390 g/mol. The molecular formula is C20H27N3O3S. The van der Waals surface area contributed by atoms with Crippen molar-refractivity contribution < 1.29 is 13.2 Å². The summed E-state index contributed by atoms with van der Waals surface area (Å²) in [4.78, 5) is 20.3. The quantitative estimate of drug-likeness (QED) is 0.847. The summed E-state index contributed by atoms with van der Waals surface area (Å²) in [5.74, 6) is 0.365. The van der Waals surface area contributed by atoms with E-state index in [0.29, 0.717) is 19.4 Å². The van der Waals surface area contributed by atoms with Crippen molar-refractivity contribution in [1.29, 1.82) is 0 Å². The molecule has 0 saturated carbocycles. The Kier molecular flexibility index (Phi) is 4.99. The van der Waals surface area contributed by atoms with E-state index in [2.05, 4.69) is 22.9 Å². The third-order valence-electron chi connectivity index (χ3n) is 5.91. The molecule has 2 aromatic rings. The third kappa shape index (κ3) is 3.62. The van der Waals surface area contributed by atoms with Gasteiger partial charge in [0.2, 0.25) is 5.91 Å². The molecule has 0 aliphatic carbocycles. The lowest BCUT2D eigenvalue weighted by Gasteiger charge is -2.44. The van der Waals surface area contributed by atoms with Gasteiger partial charge in [-0.3, -0.25) is 9.69 Å². The Morgan fingerprint density at radius 1 is 1.19 bits per heavy atom. The average Bonchev–Trinajstić information content (AvgIpc) is 3.20. The fourth-order valence-electron chi connectivity index (χ4n) is 4.62. The number of carbonyl (C=O) groups is 1. The summed E-state index contributed by atoms with van der Waals surface area (Å²) in [6.07, 6.45) is 4.05. The van der Waals surface area contributed by atoms with Crippen LogP contribution in [-0.4, -0.2) is 72.3 Å². The minimum Gasteiger partial charge on any atom is -0.361 e. The van der Waals surface area contributed by atoms with Gasteiger partial charge in [-0.2, -0.15) is 0 Å². The van der Waals surface area contributed by atoms with Gasteiger partial charge in [0.1, 0.15) is 0 Å². The number of H-pyrrole nitrogens is 1. The molecule has 1 N–H and O–H groups in total. The van der Waals surface area contributed by atoms with Gasteiger partial charge in [-0.15, -0.1) is 0 Å². The minimum absolute atomic E-state index is 0.0410. The number of aryl methyl sites for hydroxylation is 1. The van der Waals surface area contributed by atoms with E-state index in [1.165, 1.54) is 0 Å². The zero-order valence-electron chi connectivity index (χ0n) is 15.7. The van der Waals surface area contributed by atoms with Gasteiger partial charge in [-0.25, -0.2) is 8.42 Å². The molecule has 0 radical (unpaired) electrons. The Morgan fingerprint density at radius 3 is 2.78 bits per heavy atom. The highest BCUT2D eigenvalue weighted by Gasteiger charge is 2.47. The molecule has 6 nitrogen and oxygen atoms in total. The molecule has 0 unspecified atom stereocenters. The summed E-state index contributed by atoms with van der Waals surface area (Å²) >= 11 is 0. The van der Waals surface area contributed by atoms with Gasteiger partial charge in [0.25, 0.3) is 0 Å². The largest absolute Gasteiger partial charge is 0.361 e. The molecule has 7 heteroatoms. The topological polar surface area (TPSA) is 73.5 Å². The molecule has 4 rings (SSSR count). The van der Waals surface area contributed by atoms with E-state index >= 15 is 0 Å². The van der Waals surface area contributed by atoms with Crippen molar-refractivity contribution in [3.8, 4) is 0 Å². The van der Waals surface area contributed by atoms with Crippen LogP contribution in [0.3, 0.4) is 0 Å². The minimum atomic E-state index is -3.07. The maximum absolute atomic E-state index is 12.9. The summed E-state index contributed by atoms with van der Waals surface area (Å²) in [7, 11) is -3.07. The SMILES string of the molecule is CCCN1CCN(C(=O)CCc2c[nH]c3ccccc23)[C@H]2CS(=O)(=O)C[C@H]21. The fraction of sp³-hybridized carbons (Fsp3) is 0.550. The third-order valence-corrected chi connectivity index (χ3v) is 7.60. The van der Waals surface area contributed by atoms with Crippen molar-refractivity contribution in [2.45, 2.75) is 38.3 Å². The van der Waals surface area contributed by atoms with E-state index in [4.69, 9.17) is 0 Å². The number of rotatable bonds is 5. The summed E-state index contributed by atoms with van der Waals surface area (Å²) in [6, 6.07) is 7.86. The van der Waals surface area contributed by atoms with E-state index in [1.54, 1.807) is 0 Å². The summed E-state index contributed by atoms with van der Waals surface area (Å²) in [5, 5.41) is 1.15. The second-order valence-electron chi connectivity index (χ2n) is 7.69. The van der Waals surface area contributed by atoms with Crippen molar-refractivity contribution in [3.63, 3.8) is 0 Å². The predicted molar refractivity (Wildman–Crippen MR) is 106 cm³/mol. The number of carbonyl (C=O) groups excluding carboxylic acids is 1. The molecule has 1 aromatic carbocycles. The molecule has 1 aromatic heterocycles. The number of benzene rings is 1. The number of aromatic nitrogens is 1. The molecule has 2 aliphatic rings. The van der Waals surface area contributed by atoms with Gasteiger partial charge in [0.15, 0.2) is 9.84 Å². The molecule has 3 heterocycles. The molecular weight excluding hydrogens is 362 g/mol. The highest BCUT2D eigenvalue weighted by molar-refractivity contribution is 7.91. The van der Waals surface area contributed by atoms with Crippen LogP contribution in [0.1, 0.15) is 25.3 Å². The smallest absolute Gasteiger partial charge is 0.223 e. The van der Waals surface area contributed by atoms with E-state index in [-0.39, 0.29) is 29.5 Å². The fourth-order valence-corrected chi connectivity index (χ4v) is 6.63. The standard InChI is InChI=1S/C20H27N3O3S/c1-2-9-22-10-11-23(19-14-27(25,26)13-18(19)22)20(24)8-7-15-12-21-17-6-4-3-5-16(15)17/h3-6,12,18-19,21H,2,7-11,13-14H2,1H3/t18-,19+/m1/s1. The first kappa shape index (κ1) is 18.5. The van der Waals surface area contributed by atoms with Gasteiger partial charge in [0, 0.05) is 42.7 Å². The number of nitrogens with one attached hydrogen (secondary N) is 1. The summed E-state index contributed by atoms with van der Waals surface area (Å²) in [5.41, 5.74) is 2.22. The number of aromatic amines is 1. The normalized spacial score (nSPS) is 25.0. The Morgan fingerprint density at radius 2 is 1.96 bits per heavy atom. The van der Waals surface area contributed by atoms with E-state index in [9.17, 15) is 13.2 Å². The van der Waals surface area contributed by atoms with Crippen molar-refractivity contribution in [1.82, 2.24) is 14.8 Å². The number of fused-ring (bicyclic) bond motifs is 2. The van der Waals surface area contributed by atoms with Gasteiger partial charge in [-0.05, 0) is 31.0 Å². The first-order valence-electron chi connectivity index (χ1n) is 9.77. The summed E-state index contributed by atoms with van der Waals surface area (Å²) < 4.78 is 24.5. The van der Waals surface area contributed by atoms with Crippen LogP contribution >= 0.6 is 0 Å². The number of nitrogens with zero attached hydrogens (tertiary/aromatic N) is 2. The summed E-state index contributed by atoms with van der Waals surface area (Å²) in [6.45, 7) is 4.40. The molecule has 0 bridgehead atoms. The van der Waals surface area contributed by atoms with E-state index < -0.39 is 9.84 Å². The van der Waals surface area contributed by atoms with Crippen LogP contribution < -0.4 is 0 Å². The van der Waals surface area contributed by atoms with E-state index in [0.717, 1.165) is 36.0 Å². The lowest BCUT2D eigenvalue weighted by molar-refractivity contribution is -0.136. The van der Waals surface area contributed by atoms with Gasteiger partial charge in [0.05, 0.1) is 17.5 Å². The number of hydrogen-bond acceptors (Lipinski definition) is 4. The second kappa shape index (κ2) is 7.28. The Balaban J connectivity index is 1.47. The monoisotopic (exact) mass is 389 g/mol. The Labute approximate surface area is 160 Å². The Bertz CT molecular complexity index is 937. The number of hydrogen-bond donors (Lipinski definition) is 1. The maximum atomic E-state index is 12.9. The van der Waals surface area contributed by atoms with Crippen LogP contribution in [0.2, 0.25) is 0 Å². The van der Waals surface area contributed by atoms with Gasteiger partial charge >= 0.3 is 0 Å². The van der Waals surface area contributed by atoms with Crippen LogP contribution in [-0.2, 0) is 21.1 Å². The van der Waals surface area contributed by atoms with Gasteiger partial charge < -0.3 is 9.88 Å². The molecule has 27 heavy (non-hydrogen) atoms. The number of piperazine rings is 1. The molecule has 2 atom stereocenters. The van der Waals surface area contributed by atoms with Crippen molar-refractivity contribution in [3.05, 3.63) is 36.0 Å². The molecule has 2 aliphatic heterocycles. The van der Waals surface area contributed by atoms with Crippen LogP contribution in [0.15, 0.2) is 30.5 Å². The molecule has 2 fully saturated rings. The molecule has 146 valence electrons. The highest BCUT2D eigenvalue weighted by Crippen LogP contribution is 2.28. The van der Waals surface area contributed by atoms with Crippen LogP contribution in [0, 0.1) is 0 Å². The lowest BCUT2D eigenvalue weighted by atomic mass is 10.0. The zero-order valence-corrected chi connectivity index (χ0v) is 16.5. The van der Waals surface area contributed by atoms with Crippen LogP contribution in [0.4, 0.5) is 0 Å². The molecule has 1 amide bonds. The molecule has 2 saturated heterocycles. The van der Waals surface area contributed by atoms with Gasteiger partial charge in [-0.1, -0.05) is 25.1 Å². The predicted octanol–water partition coefficient (Wildman–Crippen LogP) is 1.82. The van der Waals surface area contributed by atoms with Crippen LogP contribution in [0.25, 0.3) is 10.9 Å². The highest BCUT2D eigenvalue weighted by atomic mass is 32.2. The van der Waals surface area contributed by atoms with Crippen LogP contribution in [0.5, 0.6) is 0 Å². The zero-order chi connectivity index (χ0) is 19.0. The number of sulfone groups is 1. The Hall–Kier alpha value is -1.86. The lowest BCUT2D eigenvalue weighted by Crippen LogP contribution is -2.60. The number of amides is 1. The second-order valence-corrected chi connectivity index (χ2v) is 9.85. The maximum Gasteiger partial charge on any atom is 0.223 e. The van der Waals surface area contributed by atoms with Crippen molar-refractivity contribution >= 4 is 26.6 Å². The van der Waals surface area contributed by atoms with E-state index in [1.807, 2.05) is 29.3 Å². The first-order chi connectivity index (χ1) is 13.0. The van der Waals surface area contributed by atoms with Crippen molar-refractivity contribution in [2.75, 3.05) is 31.1 Å². The van der Waals surface area contributed by atoms with Crippen molar-refractivity contribution in [2.24, 2.45) is 0 Å². The molecule has 0 spiro atoms. The first-order valence-corrected chi connectivity index (χ1v) is 11.6. The number of para-hydroxylation sites is 1.